The highest BCUT2D eigenvalue weighted by atomic mass is 31.2. The molecule has 9 heteroatoms. The molecule has 116 valence electrons. The Balaban J connectivity index is 4.66. The molecule has 20 heavy (non-hydrogen) atoms. The van der Waals surface area contributed by atoms with Gasteiger partial charge in [-0.25, -0.2) is 0 Å². The van der Waals surface area contributed by atoms with Crippen molar-refractivity contribution in [2.24, 2.45) is 11.7 Å². The van der Waals surface area contributed by atoms with E-state index in [1.54, 1.807) is 0 Å². The van der Waals surface area contributed by atoms with Gasteiger partial charge in [-0.15, -0.1) is 0 Å². The first-order valence-corrected chi connectivity index (χ1v) is 7.87. The molecule has 0 spiro atoms. The molecule has 0 aromatic carbocycles. The van der Waals surface area contributed by atoms with Crippen LogP contribution in [0.2, 0.25) is 0 Å². The molecule has 0 rings (SSSR count). The van der Waals surface area contributed by atoms with E-state index in [1.807, 2.05) is 13.8 Å². The van der Waals surface area contributed by atoms with Crippen molar-refractivity contribution in [3.63, 3.8) is 0 Å². The molecule has 0 aliphatic heterocycles. The van der Waals surface area contributed by atoms with Crippen molar-refractivity contribution >= 4 is 19.4 Å². The average molecular weight is 307 g/mol. The molecule has 0 fully saturated rings. The largest absolute Gasteiger partial charge is 0.343 e. The van der Waals surface area contributed by atoms with Crippen LogP contribution in [0.5, 0.6) is 0 Å². The van der Waals surface area contributed by atoms with Crippen molar-refractivity contribution in [1.82, 2.24) is 10.6 Å². The number of hydrogen-bond acceptors (Lipinski definition) is 4. The van der Waals surface area contributed by atoms with E-state index in [4.69, 9.17) is 15.5 Å². The first-order valence-electron chi connectivity index (χ1n) is 6.07. The first kappa shape index (κ1) is 18.8. The lowest BCUT2D eigenvalue weighted by molar-refractivity contribution is -0.128. The van der Waals surface area contributed by atoms with Gasteiger partial charge in [-0.3, -0.25) is 14.2 Å². The third-order valence-corrected chi connectivity index (χ3v) is 3.03. The minimum Gasteiger partial charge on any atom is -0.343 e. The smallest absolute Gasteiger partial charge is 0.331 e. The van der Waals surface area contributed by atoms with Crippen molar-refractivity contribution in [3.8, 4) is 0 Å². The minimum atomic E-state index is -4.29. The van der Waals surface area contributed by atoms with Gasteiger partial charge in [0.2, 0.25) is 11.8 Å². The first-order chi connectivity index (χ1) is 9.05. The Morgan fingerprint density at radius 3 is 2.30 bits per heavy atom. The van der Waals surface area contributed by atoms with Crippen molar-refractivity contribution in [2.75, 3.05) is 12.7 Å². The number of amides is 2. The molecule has 0 aromatic heterocycles. The lowest BCUT2D eigenvalue weighted by Crippen LogP contribution is -2.48. The Morgan fingerprint density at radius 1 is 1.35 bits per heavy atom. The number of nitrogens with one attached hydrogen (secondary N) is 2. The van der Waals surface area contributed by atoms with E-state index in [0.29, 0.717) is 6.42 Å². The fourth-order valence-electron chi connectivity index (χ4n) is 1.51. The van der Waals surface area contributed by atoms with Gasteiger partial charge in [0.15, 0.2) is 0 Å². The Morgan fingerprint density at radius 2 is 1.90 bits per heavy atom. The molecule has 0 heterocycles. The number of carbonyl (C=O) groups is 2. The van der Waals surface area contributed by atoms with E-state index in [0.717, 1.165) is 0 Å². The van der Waals surface area contributed by atoms with E-state index in [-0.39, 0.29) is 18.2 Å². The summed E-state index contributed by atoms with van der Waals surface area (Å²) in [6.45, 7) is 6.88. The van der Waals surface area contributed by atoms with E-state index in [9.17, 15) is 14.2 Å². The van der Waals surface area contributed by atoms with Gasteiger partial charge in [-0.1, -0.05) is 20.4 Å². The van der Waals surface area contributed by atoms with Gasteiger partial charge in [-0.05, 0) is 12.3 Å². The molecule has 0 saturated heterocycles. The molecule has 2 amide bonds. The monoisotopic (exact) mass is 307 g/mol. The molecule has 0 bridgehead atoms. The predicted octanol–water partition coefficient (Wildman–Crippen LogP) is -0.716. The summed E-state index contributed by atoms with van der Waals surface area (Å²) in [4.78, 5) is 40.8. The molecule has 0 aliphatic rings. The zero-order chi connectivity index (χ0) is 15.9. The quantitative estimate of drug-likeness (QED) is 0.375. The van der Waals surface area contributed by atoms with Crippen LogP contribution in [0.4, 0.5) is 0 Å². The fraction of sp³-hybridized carbons (Fsp3) is 0.636. The maximum Gasteiger partial charge on any atom is 0.331 e. The second kappa shape index (κ2) is 8.16. The highest BCUT2D eigenvalue weighted by Gasteiger charge is 2.23. The standard InChI is InChI=1S/C11H22N3O5P/c1-7(2)4-9(14-10(15)5-12)11(16)13-8(3)6-20(17,18)19/h7,9H,3-6,12H2,1-2H3,(H,13,16)(H,14,15)(H2,17,18,19). The molecular weight excluding hydrogens is 285 g/mol. The Labute approximate surface area is 118 Å². The zero-order valence-electron chi connectivity index (χ0n) is 11.6. The lowest BCUT2D eigenvalue weighted by Gasteiger charge is -2.20. The summed E-state index contributed by atoms with van der Waals surface area (Å²) in [6.07, 6.45) is -0.265. The van der Waals surface area contributed by atoms with Crippen LogP contribution < -0.4 is 16.4 Å². The number of nitrogens with two attached hydrogens (primary N) is 1. The van der Waals surface area contributed by atoms with Gasteiger partial charge in [0.25, 0.3) is 0 Å². The molecule has 1 unspecified atom stereocenters. The molecule has 8 nitrogen and oxygen atoms in total. The summed E-state index contributed by atoms with van der Waals surface area (Å²) >= 11 is 0. The van der Waals surface area contributed by atoms with Crippen molar-refractivity contribution < 1.29 is 23.9 Å². The molecule has 0 aromatic rings. The molecule has 0 aliphatic carbocycles. The molecule has 6 N–H and O–H groups in total. The van der Waals surface area contributed by atoms with Crippen LogP contribution in [0.1, 0.15) is 20.3 Å². The van der Waals surface area contributed by atoms with Gasteiger partial charge in [0.1, 0.15) is 6.04 Å². The van der Waals surface area contributed by atoms with Crippen LogP contribution in [0, 0.1) is 5.92 Å². The van der Waals surface area contributed by atoms with Crippen LogP contribution in [0.3, 0.4) is 0 Å². The number of hydrogen-bond donors (Lipinski definition) is 5. The van der Waals surface area contributed by atoms with E-state index in [1.165, 1.54) is 0 Å². The highest BCUT2D eigenvalue weighted by molar-refractivity contribution is 7.52. The lowest BCUT2D eigenvalue weighted by atomic mass is 10.0. The van der Waals surface area contributed by atoms with Crippen LogP contribution >= 0.6 is 7.60 Å². The third kappa shape index (κ3) is 8.82. The number of carbonyl (C=O) groups excluding carboxylic acids is 2. The second-order valence-corrected chi connectivity index (χ2v) is 6.51. The van der Waals surface area contributed by atoms with Crippen LogP contribution in [0.25, 0.3) is 0 Å². The van der Waals surface area contributed by atoms with Gasteiger partial charge >= 0.3 is 7.60 Å². The van der Waals surface area contributed by atoms with Gasteiger partial charge in [-0.2, -0.15) is 0 Å². The maximum absolute atomic E-state index is 11.9. The SMILES string of the molecule is C=C(CP(=O)(O)O)NC(=O)C(CC(C)C)NC(=O)CN. The maximum atomic E-state index is 11.9. The van der Waals surface area contributed by atoms with Crippen molar-refractivity contribution in [3.05, 3.63) is 12.3 Å². The second-order valence-electron chi connectivity index (χ2n) is 4.87. The summed E-state index contributed by atoms with van der Waals surface area (Å²) < 4.78 is 10.8. The third-order valence-electron chi connectivity index (χ3n) is 2.24. The Hall–Kier alpha value is -1.21. The minimum absolute atomic E-state index is 0.0981. The summed E-state index contributed by atoms with van der Waals surface area (Å²) in [6, 6.07) is -0.820. The molecule has 0 radical (unpaired) electrons. The zero-order valence-corrected chi connectivity index (χ0v) is 12.5. The van der Waals surface area contributed by atoms with E-state index >= 15 is 0 Å². The summed E-state index contributed by atoms with van der Waals surface area (Å²) in [5, 5.41) is 4.75. The molecule has 0 saturated carbocycles. The Kier molecular flexibility index (Phi) is 7.67. The number of rotatable bonds is 8. The van der Waals surface area contributed by atoms with Crippen LogP contribution in [0.15, 0.2) is 12.3 Å². The van der Waals surface area contributed by atoms with Crippen molar-refractivity contribution in [1.29, 1.82) is 0 Å². The van der Waals surface area contributed by atoms with Crippen LogP contribution in [-0.2, 0) is 14.2 Å². The summed E-state index contributed by atoms with van der Waals surface area (Å²) in [5.41, 5.74) is 5.07. The normalized spacial score (nSPS) is 12.9. The average Bonchev–Trinajstić information content (AvgIpc) is 2.24. The Bertz CT molecular complexity index is 418. The van der Waals surface area contributed by atoms with Crippen LogP contribution in [-0.4, -0.2) is 40.3 Å². The molecule has 1 atom stereocenters. The topological polar surface area (TPSA) is 142 Å². The fourth-order valence-corrected chi connectivity index (χ4v) is 2.08. The van der Waals surface area contributed by atoms with E-state index < -0.39 is 31.6 Å². The van der Waals surface area contributed by atoms with Crippen molar-refractivity contribution in [2.45, 2.75) is 26.3 Å². The van der Waals surface area contributed by atoms with Gasteiger partial charge < -0.3 is 26.2 Å². The highest BCUT2D eigenvalue weighted by Crippen LogP contribution is 2.35. The van der Waals surface area contributed by atoms with E-state index in [2.05, 4.69) is 17.2 Å². The summed E-state index contributed by atoms with van der Waals surface area (Å²) in [5.74, 6) is -0.913. The molecular formula is C11H22N3O5P. The summed E-state index contributed by atoms with van der Waals surface area (Å²) in [7, 11) is -4.29. The number of allylic oxidation sites excluding steroid dienone is 1. The predicted molar refractivity (Wildman–Crippen MR) is 74.6 cm³/mol. The van der Waals surface area contributed by atoms with Gasteiger partial charge in [0.05, 0.1) is 12.7 Å². The van der Waals surface area contributed by atoms with Gasteiger partial charge in [0, 0.05) is 5.70 Å².